The summed E-state index contributed by atoms with van der Waals surface area (Å²) in [5, 5.41) is 5.04. The van der Waals surface area contributed by atoms with Gasteiger partial charge in [0.1, 0.15) is 6.04 Å². The number of benzene rings is 2. The van der Waals surface area contributed by atoms with Crippen LogP contribution in [0.25, 0.3) is 6.08 Å². The van der Waals surface area contributed by atoms with Crippen molar-refractivity contribution in [1.82, 2.24) is 5.32 Å². The van der Waals surface area contributed by atoms with Crippen molar-refractivity contribution < 1.29 is 0 Å². The molecule has 1 unspecified atom stereocenters. The molecule has 2 aromatic rings. The third kappa shape index (κ3) is 3.58. The van der Waals surface area contributed by atoms with Gasteiger partial charge >= 0.3 is 0 Å². The largest absolute Gasteiger partial charge is 0.344 e. The Balaban J connectivity index is 1.75. The molecule has 0 saturated heterocycles. The van der Waals surface area contributed by atoms with E-state index in [9.17, 15) is 0 Å². The number of nitrogens with zero attached hydrogens (tertiary/aromatic N) is 1. The fraction of sp³-hybridized carbons (Fsp3) is 0.227. The molecule has 0 bridgehead atoms. The highest BCUT2D eigenvalue weighted by Gasteiger charge is 2.28. The zero-order chi connectivity index (χ0) is 18.1. The van der Waals surface area contributed by atoms with Crippen molar-refractivity contribution in [3.05, 3.63) is 86.5 Å². The number of amidine groups is 1. The smallest absolute Gasteiger partial charge is 0.100 e. The Kier molecular flexibility index (Phi) is 4.88. The van der Waals surface area contributed by atoms with E-state index in [1.54, 1.807) is 0 Å². The standard InChI is InChI=1S/C22H20Cl2N2/c1-14-25-21(16-7-11-19(24)12-8-16)20-4-2-3-17(22(20)26-14)13-15-5-9-18(23)10-6-15/h5-13,21H,2-4H2,1H3,(H,25,26)/b17-13+. The fourth-order valence-corrected chi connectivity index (χ4v) is 3.92. The van der Waals surface area contributed by atoms with Gasteiger partial charge in [-0.3, -0.25) is 4.99 Å². The molecule has 26 heavy (non-hydrogen) atoms. The van der Waals surface area contributed by atoms with Gasteiger partial charge in [0.25, 0.3) is 0 Å². The lowest BCUT2D eigenvalue weighted by Crippen LogP contribution is -2.30. The van der Waals surface area contributed by atoms with Crippen LogP contribution in [0.15, 0.2) is 70.4 Å². The first-order chi connectivity index (χ1) is 12.6. The number of hydrogen-bond donors (Lipinski definition) is 1. The van der Waals surface area contributed by atoms with E-state index in [2.05, 4.69) is 35.7 Å². The van der Waals surface area contributed by atoms with Crippen molar-refractivity contribution in [3.63, 3.8) is 0 Å². The first kappa shape index (κ1) is 17.4. The summed E-state index contributed by atoms with van der Waals surface area (Å²) >= 11 is 12.1. The first-order valence-electron chi connectivity index (χ1n) is 8.86. The number of hydrogen-bond acceptors (Lipinski definition) is 2. The fourth-order valence-electron chi connectivity index (χ4n) is 3.67. The predicted octanol–water partition coefficient (Wildman–Crippen LogP) is 6.58. The molecule has 0 aromatic heterocycles. The minimum Gasteiger partial charge on any atom is -0.344 e. The van der Waals surface area contributed by atoms with Crippen molar-refractivity contribution in [1.29, 1.82) is 0 Å². The van der Waals surface area contributed by atoms with Gasteiger partial charge in [0.05, 0.1) is 5.84 Å². The zero-order valence-electron chi connectivity index (χ0n) is 14.6. The van der Waals surface area contributed by atoms with Crippen LogP contribution in [0.4, 0.5) is 0 Å². The van der Waals surface area contributed by atoms with Crippen LogP contribution >= 0.6 is 23.2 Å². The summed E-state index contributed by atoms with van der Waals surface area (Å²) in [5.74, 6) is 0.951. The van der Waals surface area contributed by atoms with Crippen molar-refractivity contribution in [2.75, 3.05) is 0 Å². The maximum absolute atomic E-state index is 6.06. The Bertz CT molecular complexity index is 906. The molecule has 0 saturated carbocycles. The first-order valence-corrected chi connectivity index (χ1v) is 9.62. The van der Waals surface area contributed by atoms with E-state index in [-0.39, 0.29) is 6.04 Å². The number of aliphatic imine (C=N–C) groups is 1. The van der Waals surface area contributed by atoms with Crippen LogP contribution in [-0.2, 0) is 0 Å². The molecular formula is C22H20Cl2N2. The van der Waals surface area contributed by atoms with Crippen LogP contribution in [0.1, 0.15) is 43.4 Å². The molecule has 1 aliphatic carbocycles. The minimum atomic E-state index is 0.0671. The Morgan fingerprint density at radius 2 is 1.62 bits per heavy atom. The quantitative estimate of drug-likeness (QED) is 0.623. The predicted molar refractivity (Wildman–Crippen MR) is 111 cm³/mol. The third-order valence-corrected chi connectivity index (χ3v) is 5.39. The molecule has 0 spiro atoms. The average Bonchev–Trinajstić information content (AvgIpc) is 2.64. The molecule has 2 aliphatic rings. The summed E-state index contributed by atoms with van der Waals surface area (Å²) in [7, 11) is 0. The summed E-state index contributed by atoms with van der Waals surface area (Å²) in [4.78, 5) is 4.88. The van der Waals surface area contributed by atoms with Crippen LogP contribution in [-0.4, -0.2) is 5.84 Å². The van der Waals surface area contributed by atoms with Gasteiger partial charge in [-0.1, -0.05) is 47.5 Å². The molecule has 1 aliphatic heterocycles. The average molecular weight is 383 g/mol. The van der Waals surface area contributed by atoms with Gasteiger partial charge in [0.15, 0.2) is 0 Å². The van der Waals surface area contributed by atoms with E-state index in [1.807, 2.05) is 31.2 Å². The van der Waals surface area contributed by atoms with Crippen LogP contribution in [0, 0.1) is 0 Å². The van der Waals surface area contributed by atoms with Gasteiger partial charge in [0.2, 0.25) is 0 Å². The van der Waals surface area contributed by atoms with Crippen LogP contribution in [0.2, 0.25) is 10.0 Å². The third-order valence-electron chi connectivity index (χ3n) is 4.89. The minimum absolute atomic E-state index is 0.0671. The molecule has 1 heterocycles. The highest BCUT2D eigenvalue weighted by atomic mass is 35.5. The second-order valence-electron chi connectivity index (χ2n) is 6.77. The maximum Gasteiger partial charge on any atom is 0.100 e. The molecule has 1 N–H and O–H groups in total. The van der Waals surface area contributed by atoms with Gasteiger partial charge in [-0.15, -0.1) is 0 Å². The van der Waals surface area contributed by atoms with Gasteiger partial charge in [0, 0.05) is 15.7 Å². The van der Waals surface area contributed by atoms with E-state index >= 15 is 0 Å². The van der Waals surface area contributed by atoms with E-state index < -0.39 is 0 Å². The molecular weight excluding hydrogens is 363 g/mol. The number of allylic oxidation sites excluding steroid dienone is 1. The Labute approximate surface area is 164 Å². The Morgan fingerprint density at radius 1 is 0.962 bits per heavy atom. The summed E-state index contributed by atoms with van der Waals surface area (Å²) in [6.07, 6.45) is 5.52. The van der Waals surface area contributed by atoms with Crippen molar-refractivity contribution >= 4 is 35.1 Å². The van der Waals surface area contributed by atoms with Crippen molar-refractivity contribution in [2.45, 2.75) is 32.2 Å². The van der Waals surface area contributed by atoms with Gasteiger partial charge in [-0.05, 0) is 78.8 Å². The monoisotopic (exact) mass is 382 g/mol. The topological polar surface area (TPSA) is 24.4 Å². The number of nitrogens with one attached hydrogen (secondary N) is 1. The molecule has 0 radical (unpaired) electrons. The molecule has 0 amide bonds. The molecule has 2 nitrogen and oxygen atoms in total. The van der Waals surface area contributed by atoms with E-state index in [4.69, 9.17) is 28.2 Å². The summed E-state index contributed by atoms with van der Waals surface area (Å²) in [6, 6.07) is 16.1. The highest BCUT2D eigenvalue weighted by Crippen LogP contribution is 2.40. The summed E-state index contributed by atoms with van der Waals surface area (Å²) < 4.78 is 0. The summed E-state index contributed by atoms with van der Waals surface area (Å²) in [6.45, 7) is 2.03. The molecule has 0 fully saturated rings. The molecule has 1 atom stereocenters. The zero-order valence-corrected chi connectivity index (χ0v) is 16.1. The van der Waals surface area contributed by atoms with Gasteiger partial charge in [-0.25, -0.2) is 0 Å². The lowest BCUT2D eigenvalue weighted by Gasteiger charge is -2.32. The van der Waals surface area contributed by atoms with Crippen molar-refractivity contribution in [2.24, 2.45) is 4.99 Å². The number of halogens is 2. The number of rotatable bonds is 2. The maximum atomic E-state index is 6.06. The lowest BCUT2D eigenvalue weighted by molar-refractivity contribution is 0.655. The lowest BCUT2D eigenvalue weighted by atomic mass is 9.83. The van der Waals surface area contributed by atoms with Crippen LogP contribution < -0.4 is 5.32 Å². The normalized spacial score (nSPS) is 21.3. The molecule has 2 aromatic carbocycles. The molecule has 4 heteroatoms. The van der Waals surface area contributed by atoms with Crippen molar-refractivity contribution in [3.8, 4) is 0 Å². The molecule has 4 rings (SSSR count). The van der Waals surface area contributed by atoms with Crippen LogP contribution in [0.3, 0.4) is 0 Å². The second-order valence-corrected chi connectivity index (χ2v) is 7.64. The second kappa shape index (κ2) is 7.30. The highest BCUT2D eigenvalue weighted by molar-refractivity contribution is 6.30. The van der Waals surface area contributed by atoms with Gasteiger partial charge < -0.3 is 5.32 Å². The molecule has 132 valence electrons. The van der Waals surface area contributed by atoms with E-state index in [0.717, 1.165) is 35.1 Å². The van der Waals surface area contributed by atoms with E-state index in [1.165, 1.54) is 28.0 Å². The van der Waals surface area contributed by atoms with Crippen LogP contribution in [0.5, 0.6) is 0 Å². The Hall–Kier alpha value is -2.03. The summed E-state index contributed by atoms with van der Waals surface area (Å²) in [5.41, 5.74) is 6.29. The Morgan fingerprint density at radius 3 is 2.31 bits per heavy atom. The van der Waals surface area contributed by atoms with Gasteiger partial charge in [-0.2, -0.15) is 0 Å². The SMILES string of the molecule is CC1=NC(c2ccc(Cl)cc2)C2=C(N1)/C(=C/c1ccc(Cl)cc1)CCC2. The van der Waals surface area contributed by atoms with E-state index in [0.29, 0.717) is 0 Å².